The van der Waals surface area contributed by atoms with Crippen LogP contribution in [0.5, 0.6) is 5.75 Å². The molecule has 0 fully saturated rings. The maximum atomic E-state index is 14.2. The number of carbonyl (C=O) groups excluding carboxylic acids is 2. The van der Waals surface area contributed by atoms with Gasteiger partial charge in [-0.05, 0) is 19.1 Å². The van der Waals surface area contributed by atoms with E-state index in [1.807, 2.05) is 78.9 Å². The number of aliphatic hydroxyl groups is 1. The number of hydrogen-bond donors (Lipinski definition) is 2. The molecule has 0 bridgehead atoms. The average Bonchev–Trinajstić information content (AvgIpc) is 3.64. The molecule has 2 aromatic heterocycles. The van der Waals surface area contributed by atoms with Crippen molar-refractivity contribution in [3.8, 4) is 16.3 Å². The van der Waals surface area contributed by atoms with Crippen LogP contribution in [0.25, 0.3) is 21.5 Å². The van der Waals surface area contributed by atoms with Crippen molar-refractivity contribution in [1.29, 1.82) is 0 Å². The second-order valence-electron chi connectivity index (χ2n) is 9.33. The highest BCUT2D eigenvalue weighted by Gasteiger charge is 2.45. The number of nitrogens with one attached hydrogen (secondary N) is 1. The van der Waals surface area contributed by atoms with Gasteiger partial charge in [0.15, 0.2) is 5.76 Å². The van der Waals surface area contributed by atoms with E-state index < -0.39 is 23.5 Å². The lowest BCUT2D eigenvalue weighted by atomic mass is 9.94. The summed E-state index contributed by atoms with van der Waals surface area (Å²) in [6.45, 7) is 1.92. The molecule has 2 N–H and O–H groups in total. The van der Waals surface area contributed by atoms with Crippen LogP contribution in [0.2, 0.25) is 0 Å². The number of para-hydroxylation sites is 2. The molecule has 0 radical (unpaired) electrons. The topological polar surface area (TPSA) is 95.5 Å². The third-order valence-electron chi connectivity index (χ3n) is 7.02. The predicted molar refractivity (Wildman–Crippen MR) is 151 cm³/mol. The van der Waals surface area contributed by atoms with Gasteiger partial charge in [0.1, 0.15) is 10.8 Å². The zero-order valence-corrected chi connectivity index (χ0v) is 22.2. The molecule has 0 spiro atoms. The molecule has 7 nitrogen and oxygen atoms in total. The van der Waals surface area contributed by atoms with E-state index in [1.54, 1.807) is 20.2 Å². The van der Waals surface area contributed by atoms with E-state index >= 15 is 0 Å². The number of thiazole rings is 1. The first kappa shape index (κ1) is 24.6. The first-order valence-electron chi connectivity index (χ1n) is 12.5. The average molecular weight is 536 g/mol. The minimum Gasteiger partial charge on any atom is -0.503 e. The van der Waals surface area contributed by atoms with Gasteiger partial charge in [0.2, 0.25) is 5.78 Å². The molecule has 3 heterocycles. The Hall–Kier alpha value is -4.69. The van der Waals surface area contributed by atoms with E-state index in [0.29, 0.717) is 21.3 Å². The van der Waals surface area contributed by atoms with E-state index in [9.17, 15) is 14.7 Å². The predicted octanol–water partition coefficient (Wildman–Crippen LogP) is 6.39. The molecule has 6 rings (SSSR count). The Balaban J connectivity index is 1.48. The maximum Gasteiger partial charge on any atom is 0.290 e. The molecule has 194 valence electrons. The molecule has 1 unspecified atom stereocenters. The number of benzene rings is 3. The molecule has 3 aromatic carbocycles. The smallest absolute Gasteiger partial charge is 0.290 e. The Morgan fingerprint density at radius 3 is 2.56 bits per heavy atom. The standard InChI is InChI=1S/C31H25N3O4S/c1-18-29(39-30(33-18)19-10-4-3-5-11-19)27(35)25-26(22-16-32-23-14-8-7-13-21(22)23)34(31(37)28(25)36)17-20-12-6-9-15-24(20)38-2/h3-16,26,32,36H,17H2,1-2H3. The van der Waals surface area contributed by atoms with Gasteiger partial charge in [-0.3, -0.25) is 9.59 Å². The van der Waals surface area contributed by atoms with E-state index in [2.05, 4.69) is 9.97 Å². The molecule has 1 aliphatic rings. The van der Waals surface area contributed by atoms with Crippen molar-refractivity contribution in [3.05, 3.63) is 118 Å². The molecule has 0 aliphatic carbocycles. The number of hydrogen-bond acceptors (Lipinski definition) is 6. The van der Waals surface area contributed by atoms with Gasteiger partial charge in [0.05, 0.1) is 35.8 Å². The number of H-pyrrole nitrogens is 1. The molecule has 1 atom stereocenters. The number of fused-ring (bicyclic) bond motifs is 1. The maximum absolute atomic E-state index is 14.2. The number of methoxy groups -OCH3 is 1. The first-order valence-corrected chi connectivity index (χ1v) is 13.3. The summed E-state index contributed by atoms with van der Waals surface area (Å²) in [5.41, 5.74) is 3.86. The number of rotatable bonds is 7. The SMILES string of the molecule is COc1ccccc1CN1C(=O)C(O)=C(C(=O)c2sc(-c3ccccc3)nc2C)C1c1c[nH]c2ccccc12. The third-order valence-corrected chi connectivity index (χ3v) is 8.23. The summed E-state index contributed by atoms with van der Waals surface area (Å²) in [5, 5.41) is 12.8. The summed E-state index contributed by atoms with van der Waals surface area (Å²) in [5.74, 6) is -0.937. The number of nitrogens with zero attached hydrogens (tertiary/aromatic N) is 2. The lowest BCUT2D eigenvalue weighted by molar-refractivity contribution is -0.130. The summed E-state index contributed by atoms with van der Waals surface area (Å²) in [4.78, 5) is 37.6. The number of ketones is 1. The molecule has 5 aromatic rings. The van der Waals surface area contributed by atoms with Gasteiger partial charge in [0, 0.05) is 33.8 Å². The van der Waals surface area contributed by atoms with Crippen molar-refractivity contribution < 1.29 is 19.4 Å². The van der Waals surface area contributed by atoms with Crippen LogP contribution >= 0.6 is 11.3 Å². The van der Waals surface area contributed by atoms with Crippen molar-refractivity contribution in [1.82, 2.24) is 14.9 Å². The summed E-state index contributed by atoms with van der Waals surface area (Å²) in [6, 6.07) is 23.9. The van der Waals surface area contributed by atoms with E-state index in [1.165, 1.54) is 16.2 Å². The second-order valence-corrected chi connectivity index (χ2v) is 10.3. The zero-order chi connectivity index (χ0) is 27.1. The monoisotopic (exact) mass is 535 g/mol. The van der Waals surface area contributed by atoms with Crippen molar-refractivity contribution in [2.45, 2.75) is 19.5 Å². The Bertz CT molecular complexity index is 1750. The normalized spacial score (nSPS) is 15.4. The number of Topliss-reactive ketones (excluding diaryl/α,β-unsaturated/α-hetero) is 1. The molecule has 39 heavy (non-hydrogen) atoms. The van der Waals surface area contributed by atoms with Crippen molar-refractivity contribution in [2.75, 3.05) is 7.11 Å². The Morgan fingerprint density at radius 1 is 1.05 bits per heavy atom. The molecular formula is C31H25N3O4S. The van der Waals surface area contributed by atoms with Crippen molar-refractivity contribution in [2.24, 2.45) is 0 Å². The number of carbonyl (C=O) groups is 2. The fraction of sp³-hybridized carbons (Fsp3) is 0.129. The highest BCUT2D eigenvalue weighted by atomic mass is 32.1. The quantitative estimate of drug-likeness (QED) is 0.236. The lowest BCUT2D eigenvalue weighted by Crippen LogP contribution is -2.30. The molecule has 1 aliphatic heterocycles. The summed E-state index contributed by atoms with van der Waals surface area (Å²) >= 11 is 1.26. The lowest BCUT2D eigenvalue weighted by Gasteiger charge is -2.27. The Kier molecular flexibility index (Phi) is 6.24. The number of amides is 1. The molecule has 1 amide bonds. The van der Waals surface area contributed by atoms with E-state index in [4.69, 9.17) is 4.74 Å². The van der Waals surface area contributed by atoms with Crippen LogP contribution in [0.3, 0.4) is 0 Å². The van der Waals surface area contributed by atoms with Crippen molar-refractivity contribution >= 4 is 33.9 Å². The number of aryl methyl sites for hydroxylation is 1. The number of aromatic nitrogens is 2. The Labute approximate surface area is 229 Å². The third kappa shape index (κ3) is 4.19. The molecule has 0 saturated heterocycles. The van der Waals surface area contributed by atoms with Crippen molar-refractivity contribution in [3.63, 3.8) is 0 Å². The van der Waals surface area contributed by atoms with E-state index in [0.717, 1.165) is 27.6 Å². The summed E-state index contributed by atoms with van der Waals surface area (Å²) < 4.78 is 5.52. The van der Waals surface area contributed by atoms with Gasteiger partial charge in [-0.1, -0.05) is 66.7 Å². The fourth-order valence-corrected chi connectivity index (χ4v) is 6.17. The van der Waals surface area contributed by atoms with Gasteiger partial charge in [-0.2, -0.15) is 0 Å². The fourth-order valence-electron chi connectivity index (χ4n) is 5.14. The van der Waals surface area contributed by atoms with Gasteiger partial charge in [-0.25, -0.2) is 4.98 Å². The number of aliphatic hydroxyl groups excluding tert-OH is 1. The summed E-state index contributed by atoms with van der Waals surface area (Å²) in [6.07, 6.45) is 1.80. The van der Waals surface area contributed by atoms with Gasteiger partial charge in [-0.15, -0.1) is 11.3 Å². The largest absolute Gasteiger partial charge is 0.503 e. The minimum absolute atomic E-state index is 0.0472. The Morgan fingerprint density at radius 2 is 1.77 bits per heavy atom. The van der Waals surface area contributed by atoms with Crippen LogP contribution in [0.4, 0.5) is 0 Å². The van der Waals surface area contributed by atoms with Crippen LogP contribution in [0.15, 0.2) is 96.4 Å². The minimum atomic E-state index is -0.812. The van der Waals surface area contributed by atoms with Gasteiger partial charge >= 0.3 is 0 Å². The van der Waals surface area contributed by atoms with Crippen LogP contribution < -0.4 is 4.74 Å². The molecule has 0 saturated carbocycles. The first-order chi connectivity index (χ1) is 19.0. The second kappa shape index (κ2) is 9.89. The molecular weight excluding hydrogens is 510 g/mol. The highest BCUT2D eigenvalue weighted by Crippen LogP contribution is 2.44. The van der Waals surface area contributed by atoms with Crippen LogP contribution in [0, 0.1) is 6.92 Å². The van der Waals surface area contributed by atoms with Crippen LogP contribution in [-0.4, -0.2) is 38.8 Å². The molecule has 8 heteroatoms. The van der Waals surface area contributed by atoms with E-state index in [-0.39, 0.29) is 12.1 Å². The zero-order valence-electron chi connectivity index (χ0n) is 21.3. The van der Waals surface area contributed by atoms with Crippen LogP contribution in [-0.2, 0) is 11.3 Å². The van der Waals surface area contributed by atoms with Gasteiger partial charge < -0.3 is 19.7 Å². The highest BCUT2D eigenvalue weighted by molar-refractivity contribution is 7.17. The number of ether oxygens (including phenoxy) is 1. The van der Waals surface area contributed by atoms with Gasteiger partial charge in [0.25, 0.3) is 5.91 Å². The number of aromatic amines is 1. The summed E-state index contributed by atoms with van der Waals surface area (Å²) in [7, 11) is 1.57. The van der Waals surface area contributed by atoms with Crippen LogP contribution in [0.1, 0.15) is 32.5 Å².